The number of ether oxygens (including phenoxy) is 1. The maximum atomic E-state index is 12.3. The molecule has 0 fully saturated rings. The topological polar surface area (TPSA) is 58.6 Å². The lowest BCUT2D eigenvalue weighted by molar-refractivity contribution is -0.125. The van der Waals surface area contributed by atoms with Crippen LogP contribution in [0.5, 0.6) is 5.75 Å². The number of rotatable bonds is 3. The minimum Gasteiger partial charge on any atom is -0.479 e. The minimum absolute atomic E-state index is 0.0593. The number of halogens is 1. The first-order valence-corrected chi connectivity index (χ1v) is 8.48. The highest BCUT2D eigenvalue weighted by Gasteiger charge is 2.30. The molecule has 0 bridgehead atoms. The summed E-state index contributed by atoms with van der Waals surface area (Å²) in [7, 11) is 0. The highest BCUT2D eigenvalue weighted by molar-refractivity contribution is 9.10. The molecule has 1 heterocycles. The first kappa shape index (κ1) is 16.5. The van der Waals surface area contributed by atoms with Crippen molar-refractivity contribution in [3.8, 4) is 5.75 Å². The van der Waals surface area contributed by atoms with Crippen LogP contribution in [-0.4, -0.2) is 24.5 Å². The number of nitrogens with zero attached hydrogens (tertiary/aromatic N) is 1. The van der Waals surface area contributed by atoms with Crippen molar-refractivity contribution in [2.75, 3.05) is 16.8 Å². The molecule has 2 aromatic carbocycles. The van der Waals surface area contributed by atoms with Gasteiger partial charge in [-0.3, -0.25) is 9.59 Å². The number of carbonyl (C=O) groups excluding carboxylic acids is 2. The van der Waals surface area contributed by atoms with Gasteiger partial charge in [0, 0.05) is 28.3 Å². The van der Waals surface area contributed by atoms with E-state index >= 15 is 0 Å². The third kappa shape index (κ3) is 3.14. The Balaban J connectivity index is 1.85. The first-order valence-electron chi connectivity index (χ1n) is 7.68. The van der Waals surface area contributed by atoms with Crippen molar-refractivity contribution in [2.24, 2.45) is 0 Å². The van der Waals surface area contributed by atoms with Gasteiger partial charge in [-0.15, -0.1) is 0 Å². The number of hydrogen-bond donors (Lipinski definition) is 1. The van der Waals surface area contributed by atoms with Crippen molar-refractivity contribution in [1.29, 1.82) is 0 Å². The smallest absolute Gasteiger partial charge is 0.267 e. The predicted molar refractivity (Wildman–Crippen MR) is 96.7 cm³/mol. The summed E-state index contributed by atoms with van der Waals surface area (Å²) in [5.41, 5.74) is 1.90. The normalized spacial score (nSPS) is 16.4. The molecule has 0 aromatic heterocycles. The SMILES string of the molecule is CCN1C(=O)C(C)Oc2cc(NC(=O)c3cccc(Br)c3)ccc21. The van der Waals surface area contributed by atoms with E-state index in [4.69, 9.17) is 4.74 Å². The monoisotopic (exact) mass is 388 g/mol. The number of amides is 2. The summed E-state index contributed by atoms with van der Waals surface area (Å²) in [5.74, 6) is 0.329. The number of nitrogens with one attached hydrogen (secondary N) is 1. The second-order valence-corrected chi connectivity index (χ2v) is 6.41. The number of likely N-dealkylation sites (N-methyl/N-ethyl adjacent to an activating group) is 1. The van der Waals surface area contributed by atoms with E-state index in [2.05, 4.69) is 21.2 Å². The summed E-state index contributed by atoms with van der Waals surface area (Å²) in [6.45, 7) is 4.21. The van der Waals surface area contributed by atoms with Crippen LogP contribution >= 0.6 is 15.9 Å². The largest absolute Gasteiger partial charge is 0.479 e. The zero-order valence-corrected chi connectivity index (χ0v) is 15.0. The Labute approximate surface area is 148 Å². The Kier molecular flexibility index (Phi) is 4.57. The summed E-state index contributed by atoms with van der Waals surface area (Å²) in [5, 5.41) is 2.85. The Hall–Kier alpha value is -2.34. The van der Waals surface area contributed by atoms with Crippen molar-refractivity contribution in [2.45, 2.75) is 20.0 Å². The number of hydrogen-bond acceptors (Lipinski definition) is 3. The second-order valence-electron chi connectivity index (χ2n) is 5.49. The molecule has 2 amide bonds. The quantitative estimate of drug-likeness (QED) is 0.868. The molecule has 1 unspecified atom stereocenters. The average molecular weight is 389 g/mol. The number of benzene rings is 2. The Bertz CT molecular complexity index is 807. The lowest BCUT2D eigenvalue weighted by Gasteiger charge is -2.32. The Morgan fingerprint density at radius 1 is 1.29 bits per heavy atom. The lowest BCUT2D eigenvalue weighted by atomic mass is 10.1. The molecule has 0 radical (unpaired) electrons. The molecule has 124 valence electrons. The molecule has 1 aliphatic rings. The molecule has 24 heavy (non-hydrogen) atoms. The van der Waals surface area contributed by atoms with E-state index in [0.717, 1.165) is 10.2 Å². The van der Waals surface area contributed by atoms with E-state index < -0.39 is 6.10 Å². The van der Waals surface area contributed by atoms with Gasteiger partial charge in [0.15, 0.2) is 6.10 Å². The molecule has 3 rings (SSSR count). The van der Waals surface area contributed by atoms with Gasteiger partial charge in [-0.25, -0.2) is 0 Å². The molecule has 6 heteroatoms. The molecule has 0 spiro atoms. The highest BCUT2D eigenvalue weighted by Crippen LogP contribution is 2.36. The van der Waals surface area contributed by atoms with Crippen molar-refractivity contribution < 1.29 is 14.3 Å². The van der Waals surface area contributed by atoms with Gasteiger partial charge in [0.2, 0.25) is 0 Å². The summed E-state index contributed by atoms with van der Waals surface area (Å²) >= 11 is 3.35. The Morgan fingerprint density at radius 2 is 2.08 bits per heavy atom. The van der Waals surface area contributed by atoms with E-state index in [1.807, 2.05) is 13.0 Å². The fraction of sp³-hybridized carbons (Fsp3) is 0.222. The van der Waals surface area contributed by atoms with Gasteiger partial charge in [0.25, 0.3) is 11.8 Å². The molecular formula is C18H17BrN2O3. The molecular weight excluding hydrogens is 372 g/mol. The van der Waals surface area contributed by atoms with E-state index in [-0.39, 0.29) is 11.8 Å². The number of fused-ring (bicyclic) bond motifs is 1. The van der Waals surface area contributed by atoms with E-state index in [1.54, 1.807) is 48.2 Å². The fourth-order valence-corrected chi connectivity index (χ4v) is 3.05. The van der Waals surface area contributed by atoms with Crippen LogP contribution in [-0.2, 0) is 4.79 Å². The van der Waals surface area contributed by atoms with Crippen molar-refractivity contribution in [3.63, 3.8) is 0 Å². The highest BCUT2D eigenvalue weighted by atomic mass is 79.9. The standard InChI is InChI=1S/C18H17BrN2O3/c1-3-21-15-8-7-14(10-16(15)24-11(2)18(21)23)20-17(22)12-5-4-6-13(19)9-12/h4-11H,3H2,1-2H3,(H,20,22). The van der Waals surface area contributed by atoms with E-state index in [1.165, 1.54) is 0 Å². The zero-order chi connectivity index (χ0) is 17.3. The predicted octanol–water partition coefficient (Wildman–Crippen LogP) is 3.84. The molecule has 1 N–H and O–H groups in total. The first-order chi connectivity index (χ1) is 11.5. The molecule has 2 aromatic rings. The van der Waals surface area contributed by atoms with E-state index in [9.17, 15) is 9.59 Å². The van der Waals surface area contributed by atoms with Crippen molar-refractivity contribution >= 4 is 39.1 Å². The maximum absolute atomic E-state index is 12.3. The summed E-state index contributed by atoms with van der Waals surface area (Å²) in [6.07, 6.45) is -0.534. The summed E-state index contributed by atoms with van der Waals surface area (Å²) in [6, 6.07) is 12.5. The van der Waals surface area contributed by atoms with Gasteiger partial charge >= 0.3 is 0 Å². The average Bonchev–Trinajstić information content (AvgIpc) is 2.56. The van der Waals surface area contributed by atoms with Crippen LogP contribution < -0.4 is 15.0 Å². The third-order valence-electron chi connectivity index (χ3n) is 3.83. The molecule has 0 saturated carbocycles. The van der Waals surface area contributed by atoms with Crippen LogP contribution in [0.1, 0.15) is 24.2 Å². The summed E-state index contributed by atoms with van der Waals surface area (Å²) < 4.78 is 6.52. The number of carbonyl (C=O) groups is 2. The molecule has 0 saturated heterocycles. The van der Waals surface area contributed by atoms with Crippen molar-refractivity contribution in [3.05, 3.63) is 52.5 Å². The van der Waals surface area contributed by atoms with Crippen LogP contribution in [0.25, 0.3) is 0 Å². The van der Waals surface area contributed by atoms with Gasteiger partial charge in [-0.05, 0) is 44.2 Å². The molecule has 1 atom stereocenters. The summed E-state index contributed by atoms with van der Waals surface area (Å²) in [4.78, 5) is 26.1. The lowest BCUT2D eigenvalue weighted by Crippen LogP contribution is -2.44. The second kappa shape index (κ2) is 6.65. The van der Waals surface area contributed by atoms with Crippen LogP contribution in [0.3, 0.4) is 0 Å². The van der Waals surface area contributed by atoms with Gasteiger partial charge in [0.05, 0.1) is 5.69 Å². The van der Waals surface area contributed by atoms with Gasteiger partial charge in [-0.1, -0.05) is 22.0 Å². The van der Waals surface area contributed by atoms with Crippen LogP contribution in [0, 0.1) is 0 Å². The Morgan fingerprint density at radius 3 is 2.79 bits per heavy atom. The van der Waals surface area contributed by atoms with Crippen LogP contribution in [0.2, 0.25) is 0 Å². The van der Waals surface area contributed by atoms with Crippen LogP contribution in [0.4, 0.5) is 11.4 Å². The van der Waals surface area contributed by atoms with Crippen LogP contribution in [0.15, 0.2) is 46.9 Å². The van der Waals surface area contributed by atoms with Gasteiger partial charge in [0.1, 0.15) is 5.75 Å². The van der Waals surface area contributed by atoms with Gasteiger partial charge in [-0.2, -0.15) is 0 Å². The zero-order valence-electron chi connectivity index (χ0n) is 13.4. The molecule has 5 nitrogen and oxygen atoms in total. The molecule has 0 aliphatic carbocycles. The number of anilines is 2. The minimum atomic E-state index is -0.534. The maximum Gasteiger partial charge on any atom is 0.267 e. The fourth-order valence-electron chi connectivity index (χ4n) is 2.65. The third-order valence-corrected chi connectivity index (χ3v) is 4.32. The van der Waals surface area contributed by atoms with Gasteiger partial charge < -0.3 is 15.0 Å². The van der Waals surface area contributed by atoms with Crippen molar-refractivity contribution in [1.82, 2.24) is 0 Å². The van der Waals surface area contributed by atoms with E-state index in [0.29, 0.717) is 23.5 Å². The molecule has 1 aliphatic heterocycles.